The summed E-state index contributed by atoms with van der Waals surface area (Å²) in [5, 5.41) is 5.77. The van der Waals surface area contributed by atoms with E-state index in [1.807, 2.05) is 74.5 Å². The summed E-state index contributed by atoms with van der Waals surface area (Å²) < 4.78 is 0. The first-order chi connectivity index (χ1) is 12.7. The maximum absolute atomic E-state index is 12.8. The molecule has 0 heterocycles. The summed E-state index contributed by atoms with van der Waals surface area (Å²) >= 11 is 0. The van der Waals surface area contributed by atoms with Crippen LogP contribution in [0.2, 0.25) is 0 Å². The van der Waals surface area contributed by atoms with Crippen LogP contribution in [0.5, 0.6) is 0 Å². The van der Waals surface area contributed by atoms with Crippen molar-refractivity contribution in [3.8, 4) is 0 Å². The Hall–Kier alpha value is -2.82. The first-order valence-electron chi connectivity index (χ1n) is 9.07. The molecule has 138 valence electrons. The van der Waals surface area contributed by atoms with Gasteiger partial charge in [0.2, 0.25) is 5.91 Å². The minimum Gasteiger partial charge on any atom is -0.354 e. The minimum atomic E-state index is -0.365. The maximum atomic E-state index is 12.8. The van der Waals surface area contributed by atoms with E-state index in [1.165, 1.54) is 0 Å². The molecule has 0 aromatic heterocycles. The van der Waals surface area contributed by atoms with Gasteiger partial charge in [0.05, 0.1) is 5.92 Å². The van der Waals surface area contributed by atoms with Crippen molar-refractivity contribution in [2.45, 2.75) is 19.8 Å². The lowest BCUT2D eigenvalue weighted by atomic mass is 9.90. The molecule has 0 aliphatic rings. The molecule has 5 nitrogen and oxygen atoms in total. The number of hydrogen-bond donors (Lipinski definition) is 2. The normalized spacial score (nSPS) is 10.4. The molecule has 2 N–H and O–H groups in total. The van der Waals surface area contributed by atoms with Gasteiger partial charge in [-0.15, -0.1) is 0 Å². The van der Waals surface area contributed by atoms with Crippen LogP contribution in [0.4, 0.5) is 4.79 Å². The third-order valence-electron chi connectivity index (χ3n) is 4.28. The number of nitrogens with one attached hydrogen (secondary N) is 2. The molecule has 26 heavy (non-hydrogen) atoms. The van der Waals surface area contributed by atoms with Crippen molar-refractivity contribution < 1.29 is 9.59 Å². The number of nitrogens with zero attached hydrogens (tertiary/aromatic N) is 1. The summed E-state index contributed by atoms with van der Waals surface area (Å²) in [6, 6.07) is 19.3. The van der Waals surface area contributed by atoms with Gasteiger partial charge in [0.15, 0.2) is 0 Å². The van der Waals surface area contributed by atoms with Gasteiger partial charge in [0, 0.05) is 26.2 Å². The van der Waals surface area contributed by atoms with Gasteiger partial charge in [-0.05, 0) is 25.0 Å². The van der Waals surface area contributed by atoms with Crippen molar-refractivity contribution in [1.82, 2.24) is 15.5 Å². The predicted octanol–water partition coefficient (Wildman–Crippen LogP) is 2.99. The summed E-state index contributed by atoms with van der Waals surface area (Å²) in [7, 11) is 0. The van der Waals surface area contributed by atoms with Crippen molar-refractivity contribution in [3.63, 3.8) is 0 Å². The fourth-order valence-corrected chi connectivity index (χ4v) is 2.87. The van der Waals surface area contributed by atoms with Gasteiger partial charge >= 0.3 is 6.03 Å². The van der Waals surface area contributed by atoms with Gasteiger partial charge < -0.3 is 15.5 Å². The van der Waals surface area contributed by atoms with Crippen LogP contribution < -0.4 is 10.6 Å². The number of rotatable bonds is 8. The molecule has 0 saturated heterocycles. The predicted molar refractivity (Wildman–Crippen MR) is 104 cm³/mol. The van der Waals surface area contributed by atoms with Gasteiger partial charge in [-0.2, -0.15) is 0 Å². The highest BCUT2D eigenvalue weighted by Gasteiger charge is 2.22. The molecule has 0 spiro atoms. The molecule has 0 radical (unpaired) electrons. The molecule has 0 unspecified atom stereocenters. The summed E-state index contributed by atoms with van der Waals surface area (Å²) in [6.45, 7) is 6.00. The molecule has 0 bridgehead atoms. The zero-order valence-electron chi connectivity index (χ0n) is 15.4. The molecule has 2 rings (SSSR count). The molecule has 0 fully saturated rings. The molecule has 5 heteroatoms. The van der Waals surface area contributed by atoms with E-state index in [2.05, 4.69) is 10.6 Å². The lowest BCUT2D eigenvalue weighted by Gasteiger charge is -2.20. The van der Waals surface area contributed by atoms with Crippen LogP contribution in [0, 0.1) is 0 Å². The Balaban J connectivity index is 1.97. The molecule has 0 aliphatic carbocycles. The summed E-state index contributed by atoms with van der Waals surface area (Å²) in [4.78, 5) is 26.4. The van der Waals surface area contributed by atoms with Gasteiger partial charge in [0.1, 0.15) is 0 Å². The number of benzene rings is 2. The molecule has 0 atom stereocenters. The second kappa shape index (κ2) is 10.2. The second-order valence-electron chi connectivity index (χ2n) is 5.95. The number of hydrogen-bond acceptors (Lipinski definition) is 2. The smallest absolute Gasteiger partial charge is 0.317 e. The van der Waals surface area contributed by atoms with Crippen LogP contribution in [0.3, 0.4) is 0 Å². The zero-order valence-corrected chi connectivity index (χ0v) is 15.4. The van der Waals surface area contributed by atoms with Crippen molar-refractivity contribution in [2.24, 2.45) is 0 Å². The van der Waals surface area contributed by atoms with Gasteiger partial charge in [-0.25, -0.2) is 4.79 Å². The highest BCUT2D eigenvalue weighted by molar-refractivity contribution is 5.87. The number of urea groups is 1. The third kappa shape index (κ3) is 5.34. The molecule has 2 aromatic carbocycles. The minimum absolute atomic E-state index is 0.0699. The molecular formula is C21H27N3O2. The highest BCUT2D eigenvalue weighted by atomic mass is 16.2. The average molecular weight is 353 g/mol. The molecule has 2 aromatic rings. The highest BCUT2D eigenvalue weighted by Crippen LogP contribution is 2.24. The van der Waals surface area contributed by atoms with Crippen molar-refractivity contribution in [2.75, 3.05) is 26.2 Å². The summed E-state index contributed by atoms with van der Waals surface area (Å²) in [5.74, 6) is -0.435. The van der Waals surface area contributed by atoms with E-state index < -0.39 is 0 Å². The lowest BCUT2D eigenvalue weighted by Crippen LogP contribution is -2.43. The van der Waals surface area contributed by atoms with E-state index in [9.17, 15) is 9.59 Å². The Kier molecular flexibility index (Phi) is 7.68. The number of carbonyl (C=O) groups excluding carboxylic acids is 2. The van der Waals surface area contributed by atoms with E-state index in [0.29, 0.717) is 26.2 Å². The van der Waals surface area contributed by atoms with Crippen molar-refractivity contribution >= 4 is 11.9 Å². The van der Waals surface area contributed by atoms with Crippen molar-refractivity contribution in [3.05, 3.63) is 71.8 Å². The van der Waals surface area contributed by atoms with Crippen LogP contribution >= 0.6 is 0 Å². The zero-order chi connectivity index (χ0) is 18.8. The molecule has 0 aliphatic heterocycles. The molecule has 0 saturated carbocycles. The molecule has 3 amide bonds. The number of amides is 3. The molecular weight excluding hydrogens is 326 g/mol. The van der Waals surface area contributed by atoms with Crippen LogP contribution in [0.15, 0.2) is 60.7 Å². The van der Waals surface area contributed by atoms with Crippen LogP contribution in [0.1, 0.15) is 30.9 Å². The Morgan fingerprint density at radius 3 is 1.73 bits per heavy atom. The number of carbonyl (C=O) groups is 2. The monoisotopic (exact) mass is 353 g/mol. The Morgan fingerprint density at radius 2 is 1.27 bits per heavy atom. The van der Waals surface area contributed by atoms with Crippen LogP contribution in [0.25, 0.3) is 0 Å². The van der Waals surface area contributed by atoms with Crippen molar-refractivity contribution in [1.29, 1.82) is 0 Å². The van der Waals surface area contributed by atoms with Gasteiger partial charge in [-0.3, -0.25) is 4.79 Å². The fraction of sp³-hybridized carbons (Fsp3) is 0.333. The lowest BCUT2D eigenvalue weighted by molar-refractivity contribution is -0.121. The Labute approximate surface area is 155 Å². The first-order valence-corrected chi connectivity index (χ1v) is 9.07. The van der Waals surface area contributed by atoms with E-state index in [1.54, 1.807) is 4.90 Å². The van der Waals surface area contributed by atoms with E-state index in [0.717, 1.165) is 11.1 Å². The third-order valence-corrected chi connectivity index (χ3v) is 4.28. The average Bonchev–Trinajstić information content (AvgIpc) is 2.68. The maximum Gasteiger partial charge on any atom is 0.317 e. The summed E-state index contributed by atoms with van der Waals surface area (Å²) in [6.07, 6.45) is 0. The Bertz CT molecular complexity index is 645. The largest absolute Gasteiger partial charge is 0.354 e. The van der Waals surface area contributed by atoms with Gasteiger partial charge in [-0.1, -0.05) is 60.7 Å². The first kappa shape index (κ1) is 19.5. The van der Waals surface area contributed by atoms with Crippen LogP contribution in [-0.4, -0.2) is 43.0 Å². The Morgan fingerprint density at radius 1 is 0.808 bits per heavy atom. The second-order valence-corrected chi connectivity index (χ2v) is 5.95. The van der Waals surface area contributed by atoms with E-state index >= 15 is 0 Å². The quantitative estimate of drug-likeness (QED) is 0.717. The van der Waals surface area contributed by atoms with E-state index in [-0.39, 0.29) is 17.9 Å². The fourth-order valence-electron chi connectivity index (χ4n) is 2.87. The topological polar surface area (TPSA) is 61.4 Å². The summed E-state index contributed by atoms with van der Waals surface area (Å²) in [5.41, 5.74) is 1.90. The SMILES string of the molecule is CCN(CC)C(=O)NCCNC(=O)C(c1ccccc1)c1ccccc1. The van der Waals surface area contributed by atoms with Crippen LogP contribution in [-0.2, 0) is 4.79 Å². The van der Waals surface area contributed by atoms with E-state index in [4.69, 9.17) is 0 Å². The standard InChI is InChI=1S/C21H27N3O2/c1-3-24(4-2)21(26)23-16-15-22-20(25)19(17-11-7-5-8-12-17)18-13-9-6-10-14-18/h5-14,19H,3-4,15-16H2,1-2H3,(H,22,25)(H,23,26). The van der Waals surface area contributed by atoms with Gasteiger partial charge in [0.25, 0.3) is 0 Å².